The van der Waals surface area contributed by atoms with E-state index in [-0.39, 0.29) is 22.6 Å². The number of hydrogen-bond donors (Lipinski definition) is 1. The first-order valence-electron chi connectivity index (χ1n) is 7.15. The van der Waals surface area contributed by atoms with Crippen LogP contribution in [0.15, 0.2) is 29.2 Å². The van der Waals surface area contributed by atoms with E-state index in [9.17, 15) is 13.6 Å². The summed E-state index contributed by atoms with van der Waals surface area (Å²) in [5.74, 6) is -1.33. The minimum atomic E-state index is -0.808. The minimum absolute atomic E-state index is 0.00559. The number of fused-ring (bicyclic) bond motifs is 1. The van der Waals surface area contributed by atoms with Gasteiger partial charge in [0.05, 0.1) is 18.2 Å². The maximum Gasteiger partial charge on any atom is 0.263 e. The number of nitriles is 1. The van der Waals surface area contributed by atoms with Crippen LogP contribution >= 0.6 is 0 Å². The molecule has 9 heteroatoms. The number of rotatable bonds is 2. The van der Waals surface area contributed by atoms with Crippen molar-refractivity contribution in [3.63, 3.8) is 0 Å². The second kappa shape index (κ2) is 5.13. The van der Waals surface area contributed by atoms with E-state index in [0.29, 0.717) is 19.0 Å². The summed E-state index contributed by atoms with van der Waals surface area (Å²) in [5, 5.41) is 13.0. The van der Waals surface area contributed by atoms with Crippen LogP contribution in [0.5, 0.6) is 0 Å². The zero-order valence-electron chi connectivity index (χ0n) is 12.2. The molecule has 0 aliphatic carbocycles. The van der Waals surface area contributed by atoms with Crippen LogP contribution in [-0.2, 0) is 0 Å². The Morgan fingerprint density at radius 3 is 2.83 bits per heavy atom. The van der Waals surface area contributed by atoms with Gasteiger partial charge in [0.15, 0.2) is 11.5 Å². The fourth-order valence-corrected chi connectivity index (χ4v) is 2.62. The molecule has 24 heavy (non-hydrogen) atoms. The number of anilines is 1. The SMILES string of the molecule is N#CC1CN(c2nc3c(cnn3-c3ccc(F)cc3F)c(=O)[nH]2)C1. The van der Waals surface area contributed by atoms with Crippen LogP contribution in [0.1, 0.15) is 0 Å². The third-order valence-electron chi connectivity index (χ3n) is 3.93. The summed E-state index contributed by atoms with van der Waals surface area (Å²) in [6, 6.07) is 5.21. The highest BCUT2D eigenvalue weighted by atomic mass is 19.1. The van der Waals surface area contributed by atoms with Gasteiger partial charge >= 0.3 is 0 Å². The molecule has 2 aromatic heterocycles. The summed E-state index contributed by atoms with van der Waals surface area (Å²) < 4.78 is 28.3. The lowest BCUT2D eigenvalue weighted by molar-refractivity contribution is 0.494. The third-order valence-corrected chi connectivity index (χ3v) is 3.93. The summed E-state index contributed by atoms with van der Waals surface area (Å²) >= 11 is 0. The Morgan fingerprint density at radius 1 is 1.33 bits per heavy atom. The van der Waals surface area contributed by atoms with Crippen molar-refractivity contribution in [2.45, 2.75) is 0 Å². The first-order chi connectivity index (χ1) is 11.6. The number of aromatic nitrogens is 4. The van der Waals surface area contributed by atoms with Crippen molar-refractivity contribution in [3.8, 4) is 11.8 Å². The molecule has 0 saturated carbocycles. The zero-order chi connectivity index (χ0) is 16.8. The molecule has 7 nitrogen and oxygen atoms in total. The van der Waals surface area contributed by atoms with E-state index in [1.54, 1.807) is 4.90 Å². The highest BCUT2D eigenvalue weighted by molar-refractivity contribution is 5.76. The maximum absolute atomic E-state index is 14.0. The molecule has 0 amide bonds. The van der Waals surface area contributed by atoms with Gasteiger partial charge in [-0.1, -0.05) is 0 Å². The molecule has 120 valence electrons. The van der Waals surface area contributed by atoms with E-state index in [2.05, 4.69) is 21.1 Å². The van der Waals surface area contributed by atoms with Crippen molar-refractivity contribution in [2.24, 2.45) is 5.92 Å². The number of halogens is 2. The average Bonchev–Trinajstić information content (AvgIpc) is 2.91. The van der Waals surface area contributed by atoms with E-state index in [1.807, 2.05) is 0 Å². The highest BCUT2D eigenvalue weighted by Crippen LogP contribution is 2.23. The molecular formula is C15H10F2N6O. The Kier molecular flexibility index (Phi) is 3.06. The summed E-state index contributed by atoms with van der Waals surface area (Å²) in [6.07, 6.45) is 1.28. The van der Waals surface area contributed by atoms with Crippen molar-refractivity contribution >= 4 is 17.0 Å². The monoisotopic (exact) mass is 328 g/mol. The highest BCUT2D eigenvalue weighted by Gasteiger charge is 2.29. The van der Waals surface area contributed by atoms with Crippen molar-refractivity contribution in [1.29, 1.82) is 5.26 Å². The first kappa shape index (κ1) is 14.3. The molecule has 1 fully saturated rings. The Balaban J connectivity index is 1.85. The predicted octanol–water partition coefficient (Wildman–Crippen LogP) is 1.35. The fourth-order valence-electron chi connectivity index (χ4n) is 2.62. The lowest BCUT2D eigenvalue weighted by Crippen LogP contribution is -2.47. The van der Waals surface area contributed by atoms with Gasteiger partial charge in [0.2, 0.25) is 5.95 Å². The van der Waals surface area contributed by atoms with Crippen LogP contribution in [0, 0.1) is 28.9 Å². The van der Waals surface area contributed by atoms with Crippen molar-refractivity contribution < 1.29 is 8.78 Å². The van der Waals surface area contributed by atoms with Crippen LogP contribution in [0.25, 0.3) is 16.7 Å². The van der Waals surface area contributed by atoms with Gasteiger partial charge in [-0.15, -0.1) is 0 Å². The average molecular weight is 328 g/mol. The second-order valence-corrected chi connectivity index (χ2v) is 5.51. The van der Waals surface area contributed by atoms with Gasteiger partial charge in [-0.05, 0) is 12.1 Å². The van der Waals surface area contributed by atoms with Crippen molar-refractivity contribution in [2.75, 3.05) is 18.0 Å². The summed E-state index contributed by atoms with van der Waals surface area (Å²) in [6.45, 7) is 0.925. The quantitative estimate of drug-likeness (QED) is 0.767. The maximum atomic E-state index is 14.0. The molecule has 3 heterocycles. The number of benzene rings is 1. The van der Waals surface area contributed by atoms with Crippen LogP contribution in [0.4, 0.5) is 14.7 Å². The van der Waals surface area contributed by atoms with Crippen molar-refractivity contribution in [1.82, 2.24) is 19.7 Å². The molecule has 1 N–H and O–H groups in total. The Hall–Kier alpha value is -3.28. The number of H-pyrrole nitrogens is 1. The molecule has 4 rings (SSSR count). The lowest BCUT2D eigenvalue weighted by Gasteiger charge is -2.35. The molecular weight excluding hydrogens is 318 g/mol. The van der Waals surface area contributed by atoms with E-state index in [4.69, 9.17) is 5.26 Å². The number of nitrogens with zero attached hydrogens (tertiary/aromatic N) is 5. The van der Waals surface area contributed by atoms with Crippen LogP contribution in [-0.4, -0.2) is 32.8 Å². The molecule has 1 aliphatic heterocycles. The minimum Gasteiger partial charge on any atom is -0.340 e. The van der Waals surface area contributed by atoms with Crippen LogP contribution in [0.2, 0.25) is 0 Å². The van der Waals surface area contributed by atoms with Gasteiger partial charge in [0.25, 0.3) is 5.56 Å². The van der Waals surface area contributed by atoms with Crippen molar-refractivity contribution in [3.05, 3.63) is 46.4 Å². The topological polar surface area (TPSA) is 90.6 Å². The van der Waals surface area contributed by atoms with E-state index in [1.165, 1.54) is 12.3 Å². The molecule has 0 atom stereocenters. The summed E-state index contributed by atoms with van der Waals surface area (Å²) in [7, 11) is 0. The summed E-state index contributed by atoms with van der Waals surface area (Å²) in [4.78, 5) is 20.9. The van der Waals surface area contributed by atoms with Gasteiger partial charge in [0, 0.05) is 19.2 Å². The van der Waals surface area contributed by atoms with Gasteiger partial charge < -0.3 is 4.90 Å². The zero-order valence-corrected chi connectivity index (χ0v) is 12.2. The molecule has 3 aromatic rings. The summed E-state index contributed by atoms with van der Waals surface area (Å²) in [5.41, 5.74) is -0.252. The predicted molar refractivity (Wildman–Crippen MR) is 80.7 cm³/mol. The first-order valence-corrected chi connectivity index (χ1v) is 7.15. The number of nitrogens with one attached hydrogen (secondary N) is 1. The van der Waals surface area contributed by atoms with Gasteiger partial charge in [-0.25, -0.2) is 13.5 Å². The Morgan fingerprint density at radius 2 is 2.12 bits per heavy atom. The molecule has 0 bridgehead atoms. The van der Waals surface area contributed by atoms with Crippen LogP contribution in [0.3, 0.4) is 0 Å². The van der Waals surface area contributed by atoms with E-state index < -0.39 is 17.2 Å². The van der Waals surface area contributed by atoms with E-state index >= 15 is 0 Å². The largest absolute Gasteiger partial charge is 0.340 e. The molecule has 1 aliphatic rings. The lowest BCUT2D eigenvalue weighted by atomic mass is 10.0. The number of hydrogen-bond acceptors (Lipinski definition) is 5. The normalized spacial score (nSPS) is 14.6. The molecule has 1 aromatic carbocycles. The fraction of sp³-hybridized carbons (Fsp3) is 0.200. The molecule has 0 unspecified atom stereocenters. The molecule has 0 spiro atoms. The van der Waals surface area contributed by atoms with Crippen LogP contribution < -0.4 is 10.5 Å². The van der Waals surface area contributed by atoms with Gasteiger partial charge in [-0.3, -0.25) is 9.78 Å². The van der Waals surface area contributed by atoms with E-state index in [0.717, 1.165) is 16.8 Å². The smallest absolute Gasteiger partial charge is 0.263 e. The number of aromatic amines is 1. The Bertz CT molecular complexity index is 1040. The molecule has 1 saturated heterocycles. The van der Waals surface area contributed by atoms with Gasteiger partial charge in [-0.2, -0.15) is 15.3 Å². The Labute approximate surface area is 133 Å². The third kappa shape index (κ3) is 2.11. The second-order valence-electron chi connectivity index (χ2n) is 5.51. The molecule has 0 radical (unpaired) electrons. The van der Waals surface area contributed by atoms with Gasteiger partial charge in [0.1, 0.15) is 16.9 Å². The standard InChI is InChI=1S/C15H10F2N6O/c16-9-1-2-12(11(17)3-9)23-13-10(5-19-23)14(24)21-15(20-13)22-6-8(4-18)7-22/h1-3,5,8H,6-7H2,(H,20,21,24).